The first-order valence-electron chi connectivity index (χ1n) is 9.05. The van der Waals surface area contributed by atoms with Crippen LogP contribution in [0.25, 0.3) is 22.1 Å². The van der Waals surface area contributed by atoms with Crippen molar-refractivity contribution in [3.05, 3.63) is 98.9 Å². The van der Waals surface area contributed by atoms with Gasteiger partial charge in [0.25, 0.3) is 0 Å². The van der Waals surface area contributed by atoms with Crippen molar-refractivity contribution in [1.82, 2.24) is 0 Å². The van der Waals surface area contributed by atoms with E-state index in [2.05, 4.69) is 0 Å². The minimum Gasteiger partial charge on any atom is -0.488 e. The Bertz CT molecular complexity index is 1210. The molecule has 1 aromatic heterocycles. The molecule has 0 amide bonds. The molecule has 28 heavy (non-hydrogen) atoms. The summed E-state index contributed by atoms with van der Waals surface area (Å²) >= 11 is 6.31. The highest BCUT2D eigenvalue weighted by Gasteiger charge is 2.18. The summed E-state index contributed by atoms with van der Waals surface area (Å²) in [6.45, 7) is 4.14. The molecule has 0 aliphatic rings. The van der Waals surface area contributed by atoms with Gasteiger partial charge in [-0.1, -0.05) is 60.1 Å². The van der Waals surface area contributed by atoms with Gasteiger partial charge in [0.2, 0.25) is 5.43 Å². The van der Waals surface area contributed by atoms with Gasteiger partial charge in [0.15, 0.2) is 0 Å². The summed E-state index contributed by atoms with van der Waals surface area (Å²) in [6.07, 6.45) is 0. The molecule has 0 atom stereocenters. The molecule has 0 saturated carbocycles. The molecule has 4 aromatic rings. The fourth-order valence-electron chi connectivity index (χ4n) is 3.35. The van der Waals surface area contributed by atoms with Crippen molar-refractivity contribution in [2.75, 3.05) is 0 Å². The number of hydrogen-bond acceptors (Lipinski definition) is 3. The van der Waals surface area contributed by atoms with Gasteiger partial charge in [-0.15, -0.1) is 0 Å². The van der Waals surface area contributed by atoms with Crippen molar-refractivity contribution >= 4 is 22.6 Å². The SMILES string of the molecule is Cc1oc2c(C)c(OCc3ccccc3)ccc2c(=O)c1-c1ccccc1Cl. The molecule has 1 heterocycles. The zero-order valence-electron chi connectivity index (χ0n) is 15.7. The van der Waals surface area contributed by atoms with Crippen LogP contribution in [-0.2, 0) is 6.61 Å². The molecule has 0 N–H and O–H groups in total. The Morgan fingerprint density at radius 2 is 1.64 bits per heavy atom. The minimum atomic E-state index is -0.0930. The lowest BCUT2D eigenvalue weighted by atomic mass is 10.0. The number of hydrogen-bond donors (Lipinski definition) is 0. The molecule has 3 nitrogen and oxygen atoms in total. The highest BCUT2D eigenvalue weighted by Crippen LogP contribution is 2.33. The molecule has 3 aromatic carbocycles. The van der Waals surface area contributed by atoms with Crippen molar-refractivity contribution in [3.63, 3.8) is 0 Å². The van der Waals surface area contributed by atoms with Gasteiger partial charge in [-0.05, 0) is 37.6 Å². The van der Waals surface area contributed by atoms with Crippen LogP contribution in [0.15, 0.2) is 75.9 Å². The van der Waals surface area contributed by atoms with E-state index in [1.807, 2.05) is 61.5 Å². The fraction of sp³-hybridized carbons (Fsp3) is 0.125. The average molecular weight is 391 g/mol. The first kappa shape index (κ1) is 18.3. The molecule has 0 saturated heterocycles. The normalized spacial score (nSPS) is 11.0. The van der Waals surface area contributed by atoms with Crippen molar-refractivity contribution < 1.29 is 9.15 Å². The Kier molecular flexibility index (Phi) is 4.93. The number of fused-ring (bicyclic) bond motifs is 1. The summed E-state index contributed by atoms with van der Waals surface area (Å²) in [7, 11) is 0. The van der Waals surface area contributed by atoms with Crippen LogP contribution in [0, 0.1) is 13.8 Å². The largest absolute Gasteiger partial charge is 0.488 e. The van der Waals surface area contributed by atoms with Crippen LogP contribution >= 0.6 is 11.6 Å². The van der Waals surface area contributed by atoms with E-state index in [1.165, 1.54) is 0 Å². The van der Waals surface area contributed by atoms with Gasteiger partial charge in [0.05, 0.1) is 10.9 Å². The summed E-state index contributed by atoms with van der Waals surface area (Å²) in [4.78, 5) is 13.2. The third-order valence-electron chi connectivity index (χ3n) is 4.82. The molecule has 0 unspecified atom stereocenters. The summed E-state index contributed by atoms with van der Waals surface area (Å²) in [5, 5.41) is 1.04. The Morgan fingerprint density at radius 1 is 0.929 bits per heavy atom. The maximum Gasteiger partial charge on any atom is 0.200 e. The first-order chi connectivity index (χ1) is 13.6. The Labute approximate surface area is 168 Å². The smallest absolute Gasteiger partial charge is 0.200 e. The van der Waals surface area contributed by atoms with Crippen LogP contribution < -0.4 is 10.2 Å². The monoisotopic (exact) mass is 390 g/mol. The molecule has 140 valence electrons. The van der Waals surface area contributed by atoms with E-state index >= 15 is 0 Å². The second-order valence-electron chi connectivity index (χ2n) is 6.68. The third kappa shape index (κ3) is 3.30. The second-order valence-corrected chi connectivity index (χ2v) is 7.09. The van der Waals surface area contributed by atoms with Crippen LogP contribution in [0.3, 0.4) is 0 Å². The molecule has 0 aliphatic carbocycles. The highest BCUT2D eigenvalue weighted by atomic mass is 35.5. The maximum atomic E-state index is 13.2. The van der Waals surface area contributed by atoms with E-state index in [1.54, 1.807) is 19.1 Å². The quantitative estimate of drug-likeness (QED) is 0.410. The molecule has 0 radical (unpaired) electrons. The standard InChI is InChI=1S/C24H19ClO3/c1-15-21(27-14-17-8-4-3-5-9-17)13-12-19-23(26)22(16(2)28-24(15)19)18-10-6-7-11-20(18)25/h3-13H,14H2,1-2H3. The van der Waals surface area contributed by atoms with Crippen LogP contribution in [0.5, 0.6) is 5.75 Å². The Hall–Kier alpha value is -3.04. The zero-order valence-corrected chi connectivity index (χ0v) is 16.4. The van der Waals surface area contributed by atoms with Crippen molar-refractivity contribution in [1.29, 1.82) is 0 Å². The van der Waals surface area contributed by atoms with Crippen LogP contribution in [0.4, 0.5) is 0 Å². The van der Waals surface area contributed by atoms with Gasteiger partial charge in [0.1, 0.15) is 23.7 Å². The van der Waals surface area contributed by atoms with Crippen LogP contribution in [-0.4, -0.2) is 0 Å². The van der Waals surface area contributed by atoms with Gasteiger partial charge in [0, 0.05) is 16.1 Å². The van der Waals surface area contributed by atoms with E-state index in [-0.39, 0.29) is 5.43 Å². The molecular formula is C24H19ClO3. The average Bonchev–Trinajstić information content (AvgIpc) is 2.70. The Morgan fingerprint density at radius 3 is 2.39 bits per heavy atom. The topological polar surface area (TPSA) is 39.4 Å². The molecule has 0 bridgehead atoms. The molecule has 0 aliphatic heterocycles. The molecule has 4 rings (SSSR count). The van der Waals surface area contributed by atoms with Gasteiger partial charge in [-0.25, -0.2) is 0 Å². The van der Waals surface area contributed by atoms with Gasteiger partial charge in [-0.2, -0.15) is 0 Å². The molecular weight excluding hydrogens is 372 g/mol. The minimum absolute atomic E-state index is 0.0930. The predicted octanol–water partition coefficient (Wildman–Crippen LogP) is 6.31. The first-order valence-corrected chi connectivity index (χ1v) is 9.42. The molecule has 0 spiro atoms. The van der Waals surface area contributed by atoms with Crippen molar-refractivity contribution in [2.24, 2.45) is 0 Å². The number of ether oxygens (including phenoxy) is 1. The van der Waals surface area contributed by atoms with E-state index in [9.17, 15) is 4.79 Å². The lowest BCUT2D eigenvalue weighted by molar-refractivity contribution is 0.304. The summed E-state index contributed by atoms with van der Waals surface area (Å²) < 4.78 is 12.0. The second kappa shape index (κ2) is 7.53. The highest BCUT2D eigenvalue weighted by molar-refractivity contribution is 6.33. The number of rotatable bonds is 4. The number of halogens is 1. The third-order valence-corrected chi connectivity index (χ3v) is 5.15. The zero-order chi connectivity index (χ0) is 19.7. The van der Waals surface area contributed by atoms with Crippen molar-refractivity contribution in [2.45, 2.75) is 20.5 Å². The summed E-state index contributed by atoms with van der Waals surface area (Å²) in [5.74, 6) is 1.23. The molecule has 4 heteroatoms. The lowest BCUT2D eigenvalue weighted by Crippen LogP contribution is -2.09. The number of benzene rings is 3. The van der Waals surface area contributed by atoms with E-state index in [4.69, 9.17) is 20.8 Å². The van der Waals surface area contributed by atoms with E-state index < -0.39 is 0 Å². The van der Waals surface area contributed by atoms with E-state index in [0.29, 0.717) is 45.2 Å². The molecule has 0 fully saturated rings. The van der Waals surface area contributed by atoms with Crippen LogP contribution in [0.2, 0.25) is 5.02 Å². The Balaban J connectivity index is 1.79. The van der Waals surface area contributed by atoms with Crippen molar-refractivity contribution in [3.8, 4) is 16.9 Å². The van der Waals surface area contributed by atoms with E-state index in [0.717, 1.165) is 11.1 Å². The lowest BCUT2D eigenvalue weighted by Gasteiger charge is -2.13. The number of aryl methyl sites for hydroxylation is 2. The predicted molar refractivity (Wildman–Crippen MR) is 113 cm³/mol. The fourth-order valence-corrected chi connectivity index (χ4v) is 3.58. The summed E-state index contributed by atoms with van der Waals surface area (Å²) in [6, 6.07) is 20.8. The summed E-state index contributed by atoms with van der Waals surface area (Å²) in [5.41, 5.74) is 3.51. The van der Waals surface area contributed by atoms with Crippen LogP contribution in [0.1, 0.15) is 16.9 Å². The maximum absolute atomic E-state index is 13.2. The van der Waals surface area contributed by atoms with Gasteiger partial charge in [-0.3, -0.25) is 4.79 Å². The van der Waals surface area contributed by atoms with Gasteiger partial charge < -0.3 is 9.15 Å². The van der Waals surface area contributed by atoms with Gasteiger partial charge >= 0.3 is 0 Å².